The van der Waals surface area contributed by atoms with Crippen LogP contribution in [0, 0.1) is 5.41 Å². The second kappa shape index (κ2) is 7.17. The van der Waals surface area contributed by atoms with Gasteiger partial charge in [-0.15, -0.1) is 0 Å². The number of amides is 1. The van der Waals surface area contributed by atoms with E-state index in [9.17, 15) is 9.59 Å². The number of thioether (sulfide) groups is 1. The highest BCUT2D eigenvalue weighted by Crippen LogP contribution is 2.31. The standard InChI is InChI=1S/C14H25NO3S/c1-4-19-11-7-5-6-10(11)15-12(16)8-14(2,3)9-13(17)18/h10-11H,4-9H2,1-3H3,(H,15,16)(H,17,18). The molecule has 0 aromatic carbocycles. The summed E-state index contributed by atoms with van der Waals surface area (Å²) in [5.74, 6) is 0.208. The highest BCUT2D eigenvalue weighted by Gasteiger charge is 2.31. The minimum atomic E-state index is -0.849. The quantitative estimate of drug-likeness (QED) is 0.755. The van der Waals surface area contributed by atoms with Crippen molar-refractivity contribution in [3.05, 3.63) is 0 Å². The summed E-state index contributed by atoms with van der Waals surface area (Å²) >= 11 is 1.91. The van der Waals surface area contributed by atoms with Crippen LogP contribution in [0.1, 0.15) is 52.9 Å². The molecule has 1 rings (SSSR count). The molecule has 0 aromatic rings. The van der Waals surface area contributed by atoms with E-state index in [1.54, 1.807) is 0 Å². The Morgan fingerprint density at radius 1 is 1.32 bits per heavy atom. The predicted octanol–water partition coefficient (Wildman–Crippen LogP) is 2.67. The Labute approximate surface area is 119 Å². The van der Waals surface area contributed by atoms with E-state index in [-0.39, 0.29) is 24.8 Å². The summed E-state index contributed by atoms with van der Waals surface area (Å²) in [4.78, 5) is 22.8. The van der Waals surface area contributed by atoms with Gasteiger partial charge in [0.2, 0.25) is 5.91 Å². The average Bonchev–Trinajstić information content (AvgIpc) is 2.62. The summed E-state index contributed by atoms with van der Waals surface area (Å²) < 4.78 is 0. The Hall–Kier alpha value is -0.710. The summed E-state index contributed by atoms with van der Waals surface area (Å²) in [6.45, 7) is 5.79. The first-order valence-electron chi connectivity index (χ1n) is 6.97. The summed E-state index contributed by atoms with van der Waals surface area (Å²) in [6, 6.07) is 0.262. The van der Waals surface area contributed by atoms with E-state index in [2.05, 4.69) is 12.2 Å². The van der Waals surface area contributed by atoms with Crippen LogP contribution in [0.4, 0.5) is 0 Å². The molecule has 1 aliphatic carbocycles. The van der Waals surface area contributed by atoms with E-state index in [4.69, 9.17) is 5.11 Å². The van der Waals surface area contributed by atoms with Gasteiger partial charge in [-0.2, -0.15) is 11.8 Å². The lowest BCUT2D eigenvalue weighted by molar-refractivity contribution is -0.139. The van der Waals surface area contributed by atoms with Crippen molar-refractivity contribution >= 4 is 23.6 Å². The number of aliphatic carboxylic acids is 1. The molecule has 110 valence electrons. The minimum Gasteiger partial charge on any atom is -0.481 e. The first-order valence-corrected chi connectivity index (χ1v) is 8.01. The summed E-state index contributed by atoms with van der Waals surface area (Å²) in [7, 11) is 0. The fourth-order valence-corrected chi connectivity index (χ4v) is 3.87. The number of carbonyl (C=O) groups excluding carboxylic acids is 1. The highest BCUT2D eigenvalue weighted by atomic mass is 32.2. The van der Waals surface area contributed by atoms with Crippen LogP contribution in [0.25, 0.3) is 0 Å². The van der Waals surface area contributed by atoms with E-state index in [0.29, 0.717) is 5.25 Å². The van der Waals surface area contributed by atoms with Crippen LogP contribution in [0.2, 0.25) is 0 Å². The number of hydrogen-bond donors (Lipinski definition) is 2. The third kappa shape index (κ3) is 5.85. The molecule has 1 fully saturated rings. The Morgan fingerprint density at radius 2 is 2.00 bits per heavy atom. The van der Waals surface area contributed by atoms with E-state index in [1.807, 2.05) is 25.6 Å². The number of nitrogens with one attached hydrogen (secondary N) is 1. The largest absolute Gasteiger partial charge is 0.481 e. The normalized spacial score (nSPS) is 23.3. The molecule has 2 unspecified atom stereocenters. The zero-order valence-corrected chi connectivity index (χ0v) is 12.9. The molecule has 0 bridgehead atoms. The van der Waals surface area contributed by atoms with Crippen molar-refractivity contribution in [3.63, 3.8) is 0 Å². The molecule has 0 radical (unpaired) electrons. The van der Waals surface area contributed by atoms with Gasteiger partial charge >= 0.3 is 5.97 Å². The maximum absolute atomic E-state index is 12.0. The van der Waals surface area contributed by atoms with E-state index in [1.165, 1.54) is 12.8 Å². The van der Waals surface area contributed by atoms with Gasteiger partial charge in [0.25, 0.3) is 0 Å². The molecule has 19 heavy (non-hydrogen) atoms. The van der Waals surface area contributed by atoms with Gasteiger partial charge in [0, 0.05) is 17.7 Å². The van der Waals surface area contributed by atoms with Gasteiger partial charge in [0.15, 0.2) is 0 Å². The molecule has 1 saturated carbocycles. The predicted molar refractivity (Wildman–Crippen MR) is 78.4 cm³/mol. The Morgan fingerprint density at radius 3 is 2.58 bits per heavy atom. The first kappa shape index (κ1) is 16.3. The Balaban J connectivity index is 2.44. The van der Waals surface area contributed by atoms with Crippen molar-refractivity contribution in [2.75, 3.05) is 5.75 Å². The van der Waals surface area contributed by atoms with Crippen LogP contribution >= 0.6 is 11.8 Å². The zero-order chi connectivity index (χ0) is 14.5. The van der Waals surface area contributed by atoms with Gasteiger partial charge in [-0.1, -0.05) is 27.2 Å². The smallest absolute Gasteiger partial charge is 0.303 e. The molecule has 0 heterocycles. The van der Waals surface area contributed by atoms with Crippen molar-refractivity contribution < 1.29 is 14.7 Å². The maximum atomic E-state index is 12.0. The molecule has 1 amide bonds. The van der Waals surface area contributed by atoms with Crippen LogP contribution in [0.5, 0.6) is 0 Å². The van der Waals surface area contributed by atoms with Crippen LogP contribution < -0.4 is 5.32 Å². The van der Waals surface area contributed by atoms with Crippen molar-refractivity contribution in [2.45, 2.75) is 64.2 Å². The van der Waals surface area contributed by atoms with Gasteiger partial charge in [-0.25, -0.2) is 0 Å². The van der Waals surface area contributed by atoms with Crippen LogP contribution in [-0.4, -0.2) is 34.0 Å². The lowest BCUT2D eigenvalue weighted by Gasteiger charge is -2.25. The van der Waals surface area contributed by atoms with Crippen molar-refractivity contribution in [1.82, 2.24) is 5.32 Å². The van der Waals surface area contributed by atoms with Crippen LogP contribution in [0.15, 0.2) is 0 Å². The van der Waals surface area contributed by atoms with Gasteiger partial charge < -0.3 is 10.4 Å². The van der Waals surface area contributed by atoms with E-state index < -0.39 is 11.4 Å². The molecule has 0 aromatic heterocycles. The molecule has 2 N–H and O–H groups in total. The van der Waals surface area contributed by atoms with Gasteiger partial charge in [0.1, 0.15) is 0 Å². The molecular formula is C14H25NO3S. The third-order valence-electron chi connectivity index (χ3n) is 3.45. The van der Waals surface area contributed by atoms with Gasteiger partial charge in [-0.05, 0) is 24.0 Å². The number of carboxylic acids is 1. The Kier molecular flexibility index (Phi) is 6.17. The SMILES string of the molecule is CCSC1CCCC1NC(=O)CC(C)(C)CC(=O)O. The fraction of sp³-hybridized carbons (Fsp3) is 0.857. The second-order valence-corrected chi connectivity index (χ2v) is 7.53. The molecule has 0 aliphatic heterocycles. The maximum Gasteiger partial charge on any atom is 0.303 e. The summed E-state index contributed by atoms with van der Waals surface area (Å²) in [5.41, 5.74) is -0.484. The molecule has 0 spiro atoms. The fourth-order valence-electron chi connectivity index (χ4n) is 2.67. The van der Waals surface area contributed by atoms with Crippen molar-refractivity contribution in [1.29, 1.82) is 0 Å². The average molecular weight is 287 g/mol. The van der Waals surface area contributed by atoms with Gasteiger partial charge in [0.05, 0.1) is 6.42 Å². The minimum absolute atomic E-state index is 0.0140. The molecule has 1 aliphatic rings. The first-order chi connectivity index (χ1) is 8.84. The third-order valence-corrected chi connectivity index (χ3v) is 4.77. The number of carboxylic acid groups (broad SMARTS) is 1. The van der Waals surface area contributed by atoms with Gasteiger partial charge in [-0.3, -0.25) is 9.59 Å². The van der Waals surface area contributed by atoms with E-state index in [0.717, 1.165) is 12.2 Å². The van der Waals surface area contributed by atoms with Crippen LogP contribution in [0.3, 0.4) is 0 Å². The summed E-state index contributed by atoms with van der Waals surface area (Å²) in [6.07, 6.45) is 3.68. The molecular weight excluding hydrogens is 262 g/mol. The topological polar surface area (TPSA) is 66.4 Å². The second-order valence-electron chi connectivity index (χ2n) is 6.01. The lowest BCUT2D eigenvalue weighted by Crippen LogP contribution is -2.40. The van der Waals surface area contributed by atoms with Crippen molar-refractivity contribution in [2.24, 2.45) is 5.41 Å². The summed E-state index contributed by atoms with van der Waals surface area (Å²) in [5, 5.41) is 12.4. The number of hydrogen-bond acceptors (Lipinski definition) is 3. The van der Waals surface area contributed by atoms with Crippen LogP contribution in [-0.2, 0) is 9.59 Å². The van der Waals surface area contributed by atoms with E-state index >= 15 is 0 Å². The number of carbonyl (C=O) groups is 2. The molecule has 2 atom stereocenters. The molecule has 0 saturated heterocycles. The van der Waals surface area contributed by atoms with Crippen molar-refractivity contribution in [3.8, 4) is 0 Å². The highest BCUT2D eigenvalue weighted by molar-refractivity contribution is 7.99. The monoisotopic (exact) mass is 287 g/mol. The number of rotatable bonds is 7. The lowest BCUT2D eigenvalue weighted by atomic mass is 9.85. The Bertz CT molecular complexity index is 331. The molecule has 4 nitrogen and oxygen atoms in total. The molecule has 5 heteroatoms. The zero-order valence-electron chi connectivity index (χ0n) is 12.1.